The number of ether oxygens (including phenoxy) is 1. The summed E-state index contributed by atoms with van der Waals surface area (Å²) in [5.41, 5.74) is 2.81. The molecule has 3 aromatic rings. The molecule has 9 heteroatoms. The van der Waals surface area contributed by atoms with Gasteiger partial charge in [-0.05, 0) is 31.0 Å². The van der Waals surface area contributed by atoms with Crippen molar-refractivity contribution in [2.45, 2.75) is 32.9 Å². The second-order valence-electron chi connectivity index (χ2n) is 9.77. The Hall–Kier alpha value is -4.14. The lowest BCUT2D eigenvalue weighted by Gasteiger charge is -2.33. The third-order valence-corrected chi connectivity index (χ3v) is 6.84. The van der Waals surface area contributed by atoms with Crippen molar-refractivity contribution >= 4 is 23.4 Å². The van der Waals surface area contributed by atoms with Crippen LogP contribution in [0.2, 0.25) is 0 Å². The molecule has 1 aliphatic rings. The van der Waals surface area contributed by atoms with Crippen molar-refractivity contribution < 1.29 is 19.1 Å². The molecule has 1 fully saturated rings. The molecule has 0 saturated carbocycles. The van der Waals surface area contributed by atoms with Gasteiger partial charge in [0.25, 0.3) is 0 Å². The fourth-order valence-corrected chi connectivity index (χ4v) is 4.41. The molecule has 0 unspecified atom stereocenters. The summed E-state index contributed by atoms with van der Waals surface area (Å²) in [6.45, 7) is 3.79. The Bertz CT molecular complexity index is 1240. The summed E-state index contributed by atoms with van der Waals surface area (Å²) in [7, 11) is 3.43. The first kappa shape index (κ1) is 26.9. The summed E-state index contributed by atoms with van der Waals surface area (Å²) in [6, 6.07) is 17.6. The van der Waals surface area contributed by atoms with E-state index in [9.17, 15) is 14.4 Å². The van der Waals surface area contributed by atoms with Crippen LogP contribution in [0.5, 0.6) is 5.75 Å². The lowest BCUT2D eigenvalue weighted by Crippen LogP contribution is -2.45. The number of anilines is 1. The quantitative estimate of drug-likeness (QED) is 0.412. The number of carbonyl (C=O) groups is 3. The van der Waals surface area contributed by atoms with Gasteiger partial charge in [0.15, 0.2) is 0 Å². The van der Waals surface area contributed by atoms with Gasteiger partial charge in [0.2, 0.25) is 17.7 Å². The molecule has 38 heavy (non-hydrogen) atoms. The highest BCUT2D eigenvalue weighted by Gasteiger charge is 2.32. The number of hydrogen-bond acceptors (Lipinski definition) is 5. The van der Waals surface area contributed by atoms with E-state index < -0.39 is 0 Å². The molecule has 1 aromatic heterocycles. The van der Waals surface area contributed by atoms with Gasteiger partial charge >= 0.3 is 0 Å². The van der Waals surface area contributed by atoms with Gasteiger partial charge in [-0.3, -0.25) is 19.1 Å². The SMILES string of the molecule is Cc1ccc(OCCN(C)C(=O)Cn2cc(N(C)C(=O)[C@@H]3CCC(=O)N(Cc4ccccc4)C3)cn2)cc1. The third kappa shape index (κ3) is 7.00. The fourth-order valence-electron chi connectivity index (χ4n) is 4.41. The average molecular weight is 518 g/mol. The maximum Gasteiger partial charge on any atom is 0.244 e. The van der Waals surface area contributed by atoms with Gasteiger partial charge in [0.1, 0.15) is 18.9 Å². The number of rotatable bonds is 10. The van der Waals surface area contributed by atoms with E-state index in [1.54, 1.807) is 41.2 Å². The first-order valence-corrected chi connectivity index (χ1v) is 12.9. The zero-order valence-electron chi connectivity index (χ0n) is 22.2. The van der Waals surface area contributed by atoms with Crippen molar-refractivity contribution in [1.29, 1.82) is 0 Å². The third-order valence-electron chi connectivity index (χ3n) is 6.84. The Morgan fingerprint density at radius 2 is 1.82 bits per heavy atom. The van der Waals surface area contributed by atoms with Gasteiger partial charge in [-0.25, -0.2) is 0 Å². The van der Waals surface area contributed by atoms with E-state index in [4.69, 9.17) is 4.74 Å². The second-order valence-corrected chi connectivity index (χ2v) is 9.77. The molecule has 4 rings (SSSR count). The van der Waals surface area contributed by atoms with Crippen LogP contribution < -0.4 is 9.64 Å². The highest BCUT2D eigenvalue weighted by atomic mass is 16.5. The minimum Gasteiger partial charge on any atom is -0.492 e. The normalized spacial score (nSPS) is 15.3. The summed E-state index contributed by atoms with van der Waals surface area (Å²) >= 11 is 0. The van der Waals surface area contributed by atoms with Gasteiger partial charge in [0.05, 0.1) is 24.3 Å². The number of nitrogens with zero attached hydrogens (tertiary/aromatic N) is 5. The number of hydrogen-bond donors (Lipinski definition) is 0. The number of piperidine rings is 1. The summed E-state index contributed by atoms with van der Waals surface area (Å²) < 4.78 is 7.25. The van der Waals surface area contributed by atoms with Crippen LogP contribution in [0.25, 0.3) is 0 Å². The van der Waals surface area contributed by atoms with Crippen LogP contribution in [0.3, 0.4) is 0 Å². The average Bonchev–Trinajstić information content (AvgIpc) is 3.39. The molecule has 3 amide bonds. The standard InChI is InChI=1S/C29H35N5O4/c1-22-9-12-26(13-10-22)38-16-15-31(2)28(36)21-34-20-25(17-30-34)32(3)29(37)24-11-14-27(35)33(19-24)18-23-7-5-4-6-8-23/h4-10,12-13,17,20,24H,11,14-16,18-19,21H2,1-3H3/t24-/m1/s1. The minimum atomic E-state index is -0.286. The Balaban J connectivity index is 1.27. The number of likely N-dealkylation sites (tertiary alicyclic amines) is 1. The van der Waals surface area contributed by atoms with Crippen molar-refractivity contribution in [3.63, 3.8) is 0 Å². The van der Waals surface area contributed by atoms with E-state index in [1.807, 2.05) is 61.5 Å². The highest BCUT2D eigenvalue weighted by Crippen LogP contribution is 2.24. The number of likely N-dealkylation sites (N-methyl/N-ethyl adjacent to an activating group) is 1. The molecule has 1 saturated heterocycles. The van der Waals surface area contributed by atoms with Crippen LogP contribution in [-0.4, -0.2) is 71.1 Å². The fraction of sp³-hybridized carbons (Fsp3) is 0.379. The molecule has 0 radical (unpaired) electrons. The molecular formula is C29H35N5O4. The molecule has 0 aliphatic carbocycles. The molecule has 2 heterocycles. The van der Waals surface area contributed by atoms with Crippen molar-refractivity contribution in [3.05, 3.63) is 78.1 Å². The Kier molecular flexibility index (Phi) is 8.78. The Morgan fingerprint density at radius 3 is 2.55 bits per heavy atom. The van der Waals surface area contributed by atoms with Crippen LogP contribution in [-0.2, 0) is 27.5 Å². The summed E-state index contributed by atoms with van der Waals surface area (Å²) in [5.74, 6) is 0.382. The first-order chi connectivity index (χ1) is 18.3. The molecule has 2 aromatic carbocycles. The number of amides is 3. The zero-order valence-corrected chi connectivity index (χ0v) is 22.2. The lowest BCUT2D eigenvalue weighted by atomic mass is 9.95. The summed E-state index contributed by atoms with van der Waals surface area (Å²) in [5, 5.41) is 4.29. The van der Waals surface area contributed by atoms with Crippen LogP contribution in [0.15, 0.2) is 67.0 Å². The molecule has 0 N–H and O–H groups in total. The Labute approximate surface area is 223 Å². The molecule has 200 valence electrons. The Morgan fingerprint density at radius 1 is 1.08 bits per heavy atom. The van der Waals surface area contributed by atoms with E-state index in [0.717, 1.165) is 16.9 Å². The summed E-state index contributed by atoms with van der Waals surface area (Å²) in [4.78, 5) is 43.3. The van der Waals surface area contributed by atoms with Crippen LogP contribution >= 0.6 is 0 Å². The lowest BCUT2D eigenvalue weighted by molar-refractivity contribution is -0.138. The summed E-state index contributed by atoms with van der Waals surface area (Å²) in [6.07, 6.45) is 4.16. The van der Waals surface area contributed by atoms with E-state index in [2.05, 4.69) is 5.10 Å². The predicted molar refractivity (Wildman–Crippen MR) is 145 cm³/mol. The van der Waals surface area contributed by atoms with Crippen molar-refractivity contribution in [3.8, 4) is 5.75 Å². The van der Waals surface area contributed by atoms with Crippen molar-refractivity contribution in [1.82, 2.24) is 19.6 Å². The number of benzene rings is 2. The van der Waals surface area contributed by atoms with Gasteiger partial charge < -0.3 is 19.4 Å². The molecule has 0 bridgehead atoms. The molecule has 0 spiro atoms. The van der Waals surface area contributed by atoms with Crippen LogP contribution in [0.1, 0.15) is 24.0 Å². The molecule has 1 aliphatic heterocycles. The smallest absolute Gasteiger partial charge is 0.244 e. The molecule has 9 nitrogen and oxygen atoms in total. The topological polar surface area (TPSA) is 88.0 Å². The van der Waals surface area contributed by atoms with E-state index in [1.165, 1.54) is 4.68 Å². The zero-order chi connectivity index (χ0) is 27.1. The largest absolute Gasteiger partial charge is 0.492 e. The number of aryl methyl sites for hydroxylation is 1. The van der Waals surface area contributed by atoms with Gasteiger partial charge in [0, 0.05) is 39.8 Å². The number of carbonyl (C=O) groups excluding carboxylic acids is 3. The van der Waals surface area contributed by atoms with Gasteiger partial charge in [-0.2, -0.15) is 5.10 Å². The molecular weight excluding hydrogens is 482 g/mol. The van der Waals surface area contributed by atoms with Crippen LogP contribution in [0.4, 0.5) is 5.69 Å². The van der Waals surface area contributed by atoms with E-state index in [-0.39, 0.29) is 30.2 Å². The van der Waals surface area contributed by atoms with Gasteiger partial charge in [-0.15, -0.1) is 0 Å². The maximum absolute atomic E-state index is 13.3. The minimum absolute atomic E-state index is 0.0614. The highest BCUT2D eigenvalue weighted by molar-refractivity contribution is 5.95. The van der Waals surface area contributed by atoms with Gasteiger partial charge in [-0.1, -0.05) is 48.0 Å². The van der Waals surface area contributed by atoms with E-state index in [0.29, 0.717) is 44.8 Å². The first-order valence-electron chi connectivity index (χ1n) is 12.9. The van der Waals surface area contributed by atoms with Crippen molar-refractivity contribution in [2.24, 2.45) is 5.92 Å². The molecule has 1 atom stereocenters. The van der Waals surface area contributed by atoms with Crippen LogP contribution in [0, 0.1) is 12.8 Å². The van der Waals surface area contributed by atoms with Crippen molar-refractivity contribution in [2.75, 3.05) is 38.7 Å². The maximum atomic E-state index is 13.3. The van der Waals surface area contributed by atoms with E-state index >= 15 is 0 Å². The monoisotopic (exact) mass is 517 g/mol. The second kappa shape index (κ2) is 12.4. The predicted octanol–water partition coefficient (Wildman–Crippen LogP) is 3.13. The number of aromatic nitrogens is 2.